The third kappa shape index (κ3) is 3.30. The van der Waals surface area contributed by atoms with Gasteiger partial charge >= 0.3 is 0 Å². The molecular weight excluding hydrogens is 380 g/mol. The van der Waals surface area contributed by atoms with Crippen molar-refractivity contribution in [2.75, 3.05) is 31.1 Å². The van der Waals surface area contributed by atoms with Crippen molar-refractivity contribution >= 4 is 17.5 Å². The molecule has 30 heavy (non-hydrogen) atoms. The minimum atomic E-state index is -0.314. The van der Waals surface area contributed by atoms with Crippen LogP contribution in [-0.4, -0.2) is 57.9 Å². The fraction of sp³-hybridized carbons (Fsp3) is 0.273. The molecule has 3 heterocycles. The van der Waals surface area contributed by atoms with Crippen molar-refractivity contribution in [1.82, 2.24) is 25.2 Å². The molecule has 1 atom stereocenters. The normalized spacial score (nSPS) is 18.7. The fourth-order valence-electron chi connectivity index (χ4n) is 4.09. The van der Waals surface area contributed by atoms with E-state index in [1.165, 1.54) is 0 Å². The molecule has 1 aromatic heterocycles. The number of carbonyl (C=O) groups excluding carboxylic acids is 2. The molecule has 0 saturated carbocycles. The highest BCUT2D eigenvalue weighted by Gasteiger charge is 2.35. The summed E-state index contributed by atoms with van der Waals surface area (Å²) in [5.74, 6) is -0.552. The first-order valence-corrected chi connectivity index (χ1v) is 10.1. The number of aromatic nitrogens is 3. The van der Waals surface area contributed by atoms with Gasteiger partial charge in [-0.3, -0.25) is 9.59 Å². The molecule has 1 saturated heterocycles. The number of rotatable bonds is 3. The van der Waals surface area contributed by atoms with Crippen LogP contribution in [-0.2, 0) is 6.54 Å². The quantitative estimate of drug-likeness (QED) is 0.721. The molecule has 0 radical (unpaired) electrons. The summed E-state index contributed by atoms with van der Waals surface area (Å²) in [5.41, 5.74) is 2.53. The van der Waals surface area contributed by atoms with E-state index in [0.29, 0.717) is 19.6 Å². The van der Waals surface area contributed by atoms with E-state index in [4.69, 9.17) is 0 Å². The second kappa shape index (κ2) is 7.62. The minimum Gasteiger partial charge on any atom is -0.368 e. The Morgan fingerprint density at radius 3 is 2.30 bits per heavy atom. The maximum Gasteiger partial charge on any atom is 0.277 e. The Morgan fingerprint density at radius 1 is 0.933 bits per heavy atom. The van der Waals surface area contributed by atoms with Gasteiger partial charge in [-0.2, -0.15) is 0 Å². The number of hydrogen-bond donors (Lipinski definition) is 1. The third-order valence-electron chi connectivity index (χ3n) is 5.70. The van der Waals surface area contributed by atoms with E-state index in [1.54, 1.807) is 9.58 Å². The van der Waals surface area contributed by atoms with E-state index in [0.717, 1.165) is 24.3 Å². The molecule has 152 valence electrons. The van der Waals surface area contributed by atoms with Gasteiger partial charge in [0.25, 0.3) is 11.8 Å². The number of anilines is 1. The van der Waals surface area contributed by atoms with Crippen LogP contribution in [0.1, 0.15) is 32.6 Å². The van der Waals surface area contributed by atoms with Crippen LogP contribution in [0.25, 0.3) is 0 Å². The average Bonchev–Trinajstić information content (AvgIpc) is 3.25. The second-order valence-corrected chi connectivity index (χ2v) is 7.52. The van der Waals surface area contributed by atoms with Crippen molar-refractivity contribution < 1.29 is 9.59 Å². The minimum absolute atomic E-state index is 0.132. The van der Waals surface area contributed by atoms with Gasteiger partial charge in [0.05, 0.1) is 12.6 Å². The van der Waals surface area contributed by atoms with Crippen molar-refractivity contribution in [3.63, 3.8) is 0 Å². The zero-order chi connectivity index (χ0) is 20.5. The Balaban J connectivity index is 1.30. The number of amides is 2. The van der Waals surface area contributed by atoms with E-state index in [1.807, 2.05) is 48.5 Å². The van der Waals surface area contributed by atoms with Crippen molar-refractivity contribution in [2.24, 2.45) is 0 Å². The van der Waals surface area contributed by atoms with Crippen LogP contribution >= 0.6 is 0 Å². The Morgan fingerprint density at radius 2 is 1.60 bits per heavy atom. The van der Waals surface area contributed by atoms with Gasteiger partial charge in [0.15, 0.2) is 11.4 Å². The van der Waals surface area contributed by atoms with Crippen molar-refractivity contribution in [1.29, 1.82) is 0 Å². The molecule has 0 aliphatic carbocycles. The molecular formula is C22H22N6O2. The van der Waals surface area contributed by atoms with Gasteiger partial charge in [0.2, 0.25) is 0 Å². The van der Waals surface area contributed by atoms with Crippen LogP contribution in [0.3, 0.4) is 0 Å². The van der Waals surface area contributed by atoms with Crippen LogP contribution in [0.15, 0.2) is 60.7 Å². The summed E-state index contributed by atoms with van der Waals surface area (Å²) in [6.07, 6.45) is 0. The highest BCUT2D eigenvalue weighted by atomic mass is 16.2. The maximum absolute atomic E-state index is 13.1. The van der Waals surface area contributed by atoms with Gasteiger partial charge in [-0.25, -0.2) is 4.68 Å². The molecule has 2 amide bonds. The third-order valence-corrected chi connectivity index (χ3v) is 5.70. The molecule has 3 aromatic rings. The summed E-state index contributed by atoms with van der Waals surface area (Å²) < 4.78 is 1.55. The van der Waals surface area contributed by atoms with Gasteiger partial charge in [-0.1, -0.05) is 53.7 Å². The smallest absolute Gasteiger partial charge is 0.277 e. The number of fused-ring (bicyclic) bond motifs is 1. The first-order valence-electron chi connectivity index (χ1n) is 10.1. The molecule has 1 fully saturated rings. The van der Waals surface area contributed by atoms with Gasteiger partial charge in [0.1, 0.15) is 0 Å². The summed E-state index contributed by atoms with van der Waals surface area (Å²) in [6.45, 7) is 3.08. The predicted octanol–water partition coefficient (Wildman–Crippen LogP) is 1.73. The number of carbonyl (C=O) groups is 2. The van der Waals surface area contributed by atoms with Gasteiger partial charge < -0.3 is 15.1 Å². The highest BCUT2D eigenvalue weighted by Crippen LogP contribution is 2.23. The monoisotopic (exact) mass is 402 g/mol. The Kier molecular flexibility index (Phi) is 4.66. The number of nitrogens with one attached hydrogen (secondary N) is 1. The van der Waals surface area contributed by atoms with E-state index < -0.39 is 0 Å². The standard InChI is InChI=1S/C22H22N6O2/c29-21-20-19(24-25-28(20)15-18(23-21)16-7-3-1-4-8-16)22(30)27-13-11-26(12-14-27)17-9-5-2-6-10-17/h1-10,18H,11-15H2,(H,23,29)/t18-/m1/s1. The molecule has 0 unspecified atom stereocenters. The lowest BCUT2D eigenvalue weighted by Gasteiger charge is -2.36. The molecule has 2 aliphatic rings. The van der Waals surface area contributed by atoms with Crippen LogP contribution < -0.4 is 10.2 Å². The first kappa shape index (κ1) is 18.4. The van der Waals surface area contributed by atoms with E-state index in [9.17, 15) is 9.59 Å². The molecule has 2 aliphatic heterocycles. The van der Waals surface area contributed by atoms with Gasteiger partial charge in [0, 0.05) is 31.9 Å². The number of para-hydroxylation sites is 1. The summed E-state index contributed by atoms with van der Waals surface area (Å²) >= 11 is 0. The zero-order valence-electron chi connectivity index (χ0n) is 16.4. The molecule has 5 rings (SSSR count). The molecule has 8 heteroatoms. The van der Waals surface area contributed by atoms with E-state index in [2.05, 4.69) is 32.7 Å². The van der Waals surface area contributed by atoms with Crippen molar-refractivity contribution in [3.05, 3.63) is 77.6 Å². The fourth-order valence-corrected chi connectivity index (χ4v) is 4.09. The lowest BCUT2D eigenvalue weighted by atomic mass is 10.0. The van der Waals surface area contributed by atoms with E-state index >= 15 is 0 Å². The largest absolute Gasteiger partial charge is 0.368 e. The summed E-state index contributed by atoms with van der Waals surface area (Å²) in [6, 6.07) is 19.7. The summed E-state index contributed by atoms with van der Waals surface area (Å²) in [7, 11) is 0. The molecule has 2 aromatic carbocycles. The number of nitrogens with zero attached hydrogens (tertiary/aromatic N) is 5. The Bertz CT molecular complexity index is 1060. The van der Waals surface area contributed by atoms with Crippen LogP contribution in [0.5, 0.6) is 0 Å². The summed E-state index contributed by atoms with van der Waals surface area (Å²) in [5, 5.41) is 11.2. The van der Waals surface area contributed by atoms with Crippen LogP contribution in [0, 0.1) is 0 Å². The Labute approximate surface area is 174 Å². The Hall–Kier alpha value is -3.68. The number of piperazine rings is 1. The second-order valence-electron chi connectivity index (χ2n) is 7.52. The SMILES string of the molecule is O=C1N[C@@H](c2ccccc2)Cn2nnc(C(=O)N3CCN(c4ccccc4)CC3)c21. The topological polar surface area (TPSA) is 83.4 Å². The number of benzene rings is 2. The first-order chi connectivity index (χ1) is 14.7. The van der Waals surface area contributed by atoms with Crippen LogP contribution in [0.2, 0.25) is 0 Å². The van der Waals surface area contributed by atoms with Crippen molar-refractivity contribution in [3.8, 4) is 0 Å². The molecule has 8 nitrogen and oxygen atoms in total. The molecule has 1 N–H and O–H groups in total. The van der Waals surface area contributed by atoms with E-state index in [-0.39, 0.29) is 29.2 Å². The summed E-state index contributed by atoms with van der Waals surface area (Å²) in [4.78, 5) is 29.9. The lowest BCUT2D eigenvalue weighted by Crippen LogP contribution is -2.49. The average molecular weight is 402 g/mol. The number of hydrogen-bond acceptors (Lipinski definition) is 5. The predicted molar refractivity (Wildman–Crippen MR) is 111 cm³/mol. The molecule has 0 spiro atoms. The molecule has 0 bridgehead atoms. The lowest BCUT2D eigenvalue weighted by molar-refractivity contribution is 0.0731. The van der Waals surface area contributed by atoms with Crippen LogP contribution in [0.4, 0.5) is 5.69 Å². The highest BCUT2D eigenvalue weighted by molar-refractivity contribution is 6.05. The van der Waals surface area contributed by atoms with Gasteiger partial charge in [-0.05, 0) is 17.7 Å². The maximum atomic E-state index is 13.1. The van der Waals surface area contributed by atoms with Crippen molar-refractivity contribution in [2.45, 2.75) is 12.6 Å². The zero-order valence-corrected chi connectivity index (χ0v) is 16.4. The van der Waals surface area contributed by atoms with Gasteiger partial charge in [-0.15, -0.1) is 5.10 Å².